The standard InChI is InChI=1S/C15H18FNOS/c1-11-5-6-13(10-14(11)16)18-8-7-17-12(2)15-4-3-9-19-15/h3-6,9-10,12,17H,7-8H2,1-2H3. The highest BCUT2D eigenvalue weighted by Gasteiger charge is 2.05. The van der Waals surface area contributed by atoms with Gasteiger partial charge in [-0.25, -0.2) is 4.39 Å². The summed E-state index contributed by atoms with van der Waals surface area (Å²) in [4.78, 5) is 1.31. The molecule has 0 fully saturated rings. The van der Waals surface area contributed by atoms with E-state index in [1.54, 1.807) is 30.4 Å². The summed E-state index contributed by atoms with van der Waals surface area (Å²) < 4.78 is 18.8. The molecule has 1 N–H and O–H groups in total. The summed E-state index contributed by atoms with van der Waals surface area (Å²) in [6.45, 7) is 5.12. The molecule has 0 saturated carbocycles. The molecule has 0 radical (unpaired) electrons. The van der Waals surface area contributed by atoms with Gasteiger partial charge in [0.05, 0.1) is 0 Å². The van der Waals surface area contributed by atoms with Crippen molar-refractivity contribution >= 4 is 11.3 Å². The van der Waals surface area contributed by atoms with E-state index in [9.17, 15) is 4.39 Å². The van der Waals surface area contributed by atoms with Crippen LogP contribution >= 0.6 is 11.3 Å². The van der Waals surface area contributed by atoms with Crippen molar-refractivity contribution in [3.63, 3.8) is 0 Å². The predicted molar refractivity (Wildman–Crippen MR) is 77.4 cm³/mol. The second kappa shape index (κ2) is 6.68. The molecule has 0 spiro atoms. The number of benzene rings is 1. The van der Waals surface area contributed by atoms with Crippen LogP contribution in [0.1, 0.15) is 23.4 Å². The molecule has 2 nitrogen and oxygen atoms in total. The lowest BCUT2D eigenvalue weighted by atomic mass is 10.2. The Morgan fingerprint density at radius 1 is 1.37 bits per heavy atom. The van der Waals surface area contributed by atoms with Crippen LogP contribution in [0.3, 0.4) is 0 Å². The van der Waals surface area contributed by atoms with E-state index in [4.69, 9.17) is 4.74 Å². The third kappa shape index (κ3) is 4.04. The van der Waals surface area contributed by atoms with Crippen molar-refractivity contribution in [1.82, 2.24) is 5.32 Å². The van der Waals surface area contributed by atoms with Gasteiger partial charge < -0.3 is 10.1 Å². The highest BCUT2D eigenvalue weighted by molar-refractivity contribution is 7.10. The summed E-state index contributed by atoms with van der Waals surface area (Å²) >= 11 is 1.74. The number of ether oxygens (including phenoxy) is 1. The van der Waals surface area contributed by atoms with Gasteiger partial charge in [-0.15, -0.1) is 11.3 Å². The predicted octanol–water partition coefficient (Wildman–Crippen LogP) is 3.93. The fourth-order valence-corrected chi connectivity index (χ4v) is 2.50. The van der Waals surface area contributed by atoms with Gasteiger partial charge in [0, 0.05) is 23.5 Å². The van der Waals surface area contributed by atoms with Gasteiger partial charge in [-0.1, -0.05) is 12.1 Å². The van der Waals surface area contributed by atoms with Crippen LogP contribution in [0, 0.1) is 12.7 Å². The first-order valence-corrected chi connectivity index (χ1v) is 7.20. The highest BCUT2D eigenvalue weighted by atomic mass is 32.1. The van der Waals surface area contributed by atoms with Gasteiger partial charge in [-0.05, 0) is 36.9 Å². The molecule has 0 amide bonds. The van der Waals surface area contributed by atoms with Crippen LogP contribution in [0.4, 0.5) is 4.39 Å². The first-order chi connectivity index (χ1) is 9.16. The Balaban J connectivity index is 1.73. The van der Waals surface area contributed by atoms with Crippen LogP contribution in [-0.4, -0.2) is 13.2 Å². The first kappa shape index (κ1) is 14.0. The van der Waals surface area contributed by atoms with Crippen LogP contribution in [-0.2, 0) is 0 Å². The molecule has 0 aliphatic rings. The van der Waals surface area contributed by atoms with Crippen LogP contribution in [0.5, 0.6) is 5.75 Å². The lowest BCUT2D eigenvalue weighted by Gasteiger charge is -2.13. The van der Waals surface area contributed by atoms with Crippen molar-refractivity contribution in [2.75, 3.05) is 13.2 Å². The lowest BCUT2D eigenvalue weighted by molar-refractivity contribution is 0.306. The Morgan fingerprint density at radius 3 is 2.89 bits per heavy atom. The highest BCUT2D eigenvalue weighted by Crippen LogP contribution is 2.18. The summed E-state index contributed by atoms with van der Waals surface area (Å²) in [5.41, 5.74) is 0.636. The molecule has 4 heteroatoms. The van der Waals surface area contributed by atoms with Crippen LogP contribution in [0.2, 0.25) is 0 Å². The van der Waals surface area contributed by atoms with Gasteiger partial charge in [-0.3, -0.25) is 0 Å². The van der Waals surface area contributed by atoms with E-state index in [2.05, 4.69) is 23.7 Å². The molecule has 102 valence electrons. The SMILES string of the molecule is Cc1ccc(OCCNC(C)c2cccs2)cc1F. The largest absolute Gasteiger partial charge is 0.492 e. The molecule has 0 aliphatic carbocycles. The summed E-state index contributed by atoms with van der Waals surface area (Å²) in [7, 11) is 0. The first-order valence-electron chi connectivity index (χ1n) is 6.32. The Hall–Kier alpha value is -1.39. The number of hydrogen-bond donors (Lipinski definition) is 1. The fraction of sp³-hybridized carbons (Fsp3) is 0.333. The maximum Gasteiger partial charge on any atom is 0.129 e. The van der Waals surface area contributed by atoms with Gasteiger partial charge in [0.2, 0.25) is 0 Å². The zero-order valence-corrected chi connectivity index (χ0v) is 12.0. The smallest absolute Gasteiger partial charge is 0.129 e. The van der Waals surface area contributed by atoms with Gasteiger partial charge in [0.1, 0.15) is 18.2 Å². The van der Waals surface area contributed by atoms with Crippen molar-refractivity contribution in [2.24, 2.45) is 0 Å². The zero-order chi connectivity index (χ0) is 13.7. The molecule has 0 saturated heterocycles. The normalized spacial score (nSPS) is 12.4. The maximum atomic E-state index is 13.3. The molecule has 2 rings (SSSR count). The molecule has 1 unspecified atom stereocenters. The van der Waals surface area contributed by atoms with Crippen LogP contribution in [0.25, 0.3) is 0 Å². The minimum atomic E-state index is -0.225. The topological polar surface area (TPSA) is 21.3 Å². The van der Waals surface area contributed by atoms with E-state index < -0.39 is 0 Å². The van der Waals surface area contributed by atoms with E-state index in [1.807, 2.05) is 6.07 Å². The van der Waals surface area contributed by atoms with E-state index in [0.29, 0.717) is 24.0 Å². The minimum Gasteiger partial charge on any atom is -0.492 e. The van der Waals surface area contributed by atoms with Crippen molar-refractivity contribution in [3.8, 4) is 5.75 Å². The Bertz CT molecular complexity index is 513. The van der Waals surface area contributed by atoms with Gasteiger partial charge in [0.15, 0.2) is 0 Å². The molecule has 1 aromatic carbocycles. The second-order valence-corrected chi connectivity index (χ2v) is 5.43. The monoisotopic (exact) mass is 279 g/mol. The van der Waals surface area contributed by atoms with Gasteiger partial charge >= 0.3 is 0 Å². The minimum absolute atomic E-state index is 0.225. The Labute approximate surface area is 117 Å². The van der Waals surface area contributed by atoms with Gasteiger partial charge in [0.25, 0.3) is 0 Å². The van der Waals surface area contributed by atoms with Gasteiger partial charge in [-0.2, -0.15) is 0 Å². The van der Waals surface area contributed by atoms with Crippen molar-refractivity contribution in [3.05, 3.63) is 52.0 Å². The Morgan fingerprint density at radius 2 is 2.21 bits per heavy atom. The summed E-state index contributed by atoms with van der Waals surface area (Å²) in [6, 6.07) is 9.42. The van der Waals surface area contributed by atoms with Crippen molar-refractivity contribution in [1.29, 1.82) is 0 Å². The number of halogens is 1. The summed E-state index contributed by atoms with van der Waals surface area (Å²) in [6.07, 6.45) is 0. The van der Waals surface area contributed by atoms with Crippen LogP contribution in [0.15, 0.2) is 35.7 Å². The van der Waals surface area contributed by atoms with Crippen molar-refractivity contribution in [2.45, 2.75) is 19.9 Å². The summed E-state index contributed by atoms with van der Waals surface area (Å²) in [5, 5.41) is 5.44. The number of rotatable bonds is 6. The van der Waals surface area contributed by atoms with E-state index in [-0.39, 0.29) is 5.82 Å². The van der Waals surface area contributed by atoms with Crippen molar-refractivity contribution < 1.29 is 9.13 Å². The molecule has 0 aliphatic heterocycles. The third-order valence-corrected chi connectivity index (χ3v) is 3.99. The molecule has 1 heterocycles. The molecule has 2 aromatic rings. The second-order valence-electron chi connectivity index (χ2n) is 4.45. The number of aryl methyl sites for hydroxylation is 1. The van der Waals surface area contributed by atoms with Crippen LogP contribution < -0.4 is 10.1 Å². The average molecular weight is 279 g/mol. The molecule has 19 heavy (non-hydrogen) atoms. The maximum absolute atomic E-state index is 13.3. The number of hydrogen-bond acceptors (Lipinski definition) is 3. The molecule has 1 aromatic heterocycles. The fourth-order valence-electron chi connectivity index (χ4n) is 1.75. The number of thiophene rings is 1. The molecular weight excluding hydrogens is 261 g/mol. The Kier molecular flexibility index (Phi) is 4.93. The lowest BCUT2D eigenvalue weighted by Crippen LogP contribution is -2.23. The van der Waals surface area contributed by atoms with E-state index >= 15 is 0 Å². The summed E-state index contributed by atoms with van der Waals surface area (Å²) in [5.74, 6) is 0.353. The quantitative estimate of drug-likeness (QED) is 0.809. The third-order valence-electron chi connectivity index (χ3n) is 2.93. The van der Waals surface area contributed by atoms with E-state index in [1.165, 1.54) is 10.9 Å². The number of nitrogens with one attached hydrogen (secondary N) is 1. The van der Waals surface area contributed by atoms with E-state index in [0.717, 1.165) is 6.54 Å². The zero-order valence-electron chi connectivity index (χ0n) is 11.2. The molecule has 0 bridgehead atoms. The molecular formula is C15H18FNOS. The molecule has 1 atom stereocenters. The average Bonchev–Trinajstić information content (AvgIpc) is 2.92.